The van der Waals surface area contributed by atoms with Crippen LogP contribution in [-0.2, 0) is 4.74 Å². The quantitative estimate of drug-likeness (QED) is 0.787. The minimum Gasteiger partial charge on any atom is -0.375 e. The lowest BCUT2D eigenvalue weighted by Crippen LogP contribution is -2.50. The number of hydrogen-bond donors (Lipinski definition) is 1. The smallest absolute Gasteiger partial charge is 0.0685 e. The molecule has 1 saturated heterocycles. The molecule has 1 N–H and O–H groups in total. The Morgan fingerprint density at radius 2 is 2.17 bits per heavy atom. The number of hydrogen-bond acceptors (Lipinski definition) is 3. The van der Waals surface area contributed by atoms with E-state index in [1.54, 1.807) is 0 Å². The first-order valence-electron chi connectivity index (χ1n) is 7.67. The summed E-state index contributed by atoms with van der Waals surface area (Å²) < 4.78 is 6.05. The van der Waals surface area contributed by atoms with Crippen LogP contribution in [0.2, 0.25) is 0 Å². The van der Waals surface area contributed by atoms with Crippen LogP contribution >= 0.6 is 0 Å². The van der Waals surface area contributed by atoms with E-state index in [-0.39, 0.29) is 5.60 Å². The van der Waals surface area contributed by atoms with E-state index >= 15 is 0 Å². The molecule has 0 aromatic carbocycles. The summed E-state index contributed by atoms with van der Waals surface area (Å²) in [6.07, 6.45) is 7.77. The Kier molecular flexibility index (Phi) is 5.05. The minimum absolute atomic E-state index is 0.286. The Hall–Kier alpha value is -0.120. The van der Waals surface area contributed by atoms with Gasteiger partial charge in [-0.3, -0.25) is 0 Å². The maximum atomic E-state index is 6.05. The molecule has 1 saturated carbocycles. The van der Waals surface area contributed by atoms with Gasteiger partial charge in [0.2, 0.25) is 0 Å². The van der Waals surface area contributed by atoms with Gasteiger partial charge in [0, 0.05) is 12.6 Å². The Morgan fingerprint density at radius 3 is 2.72 bits per heavy atom. The third-order valence-corrected chi connectivity index (χ3v) is 4.72. The fourth-order valence-corrected chi connectivity index (χ4v) is 3.49. The van der Waals surface area contributed by atoms with Crippen molar-refractivity contribution in [1.29, 1.82) is 0 Å². The normalized spacial score (nSPS) is 28.3. The van der Waals surface area contributed by atoms with Gasteiger partial charge in [0.05, 0.1) is 5.60 Å². The second kappa shape index (κ2) is 6.36. The Labute approximate surface area is 112 Å². The highest BCUT2D eigenvalue weighted by atomic mass is 16.5. The predicted octanol–water partition coefficient (Wildman–Crippen LogP) is 2.27. The van der Waals surface area contributed by atoms with E-state index in [2.05, 4.69) is 31.2 Å². The van der Waals surface area contributed by atoms with E-state index in [0.29, 0.717) is 6.04 Å². The zero-order valence-electron chi connectivity index (χ0n) is 12.4. The standard InChI is InChI=1S/C15H30N2O/c1-4-16-14(6-10-17(2)3)13-7-11-18-15(12-13)8-5-9-15/h13-14,16H,4-12H2,1-3H3. The monoisotopic (exact) mass is 254 g/mol. The number of rotatable bonds is 6. The molecule has 1 aliphatic carbocycles. The largest absolute Gasteiger partial charge is 0.375 e. The van der Waals surface area contributed by atoms with Gasteiger partial charge < -0.3 is 15.0 Å². The minimum atomic E-state index is 0.286. The average molecular weight is 254 g/mol. The van der Waals surface area contributed by atoms with Gasteiger partial charge in [-0.1, -0.05) is 6.92 Å². The Morgan fingerprint density at radius 1 is 1.39 bits per heavy atom. The van der Waals surface area contributed by atoms with Crippen molar-refractivity contribution in [2.24, 2.45) is 5.92 Å². The number of ether oxygens (including phenoxy) is 1. The van der Waals surface area contributed by atoms with Crippen LogP contribution < -0.4 is 5.32 Å². The van der Waals surface area contributed by atoms with Crippen molar-refractivity contribution in [2.75, 3.05) is 33.8 Å². The molecular weight excluding hydrogens is 224 g/mol. The molecule has 2 unspecified atom stereocenters. The summed E-state index contributed by atoms with van der Waals surface area (Å²) in [6.45, 7) is 5.47. The first-order chi connectivity index (χ1) is 8.65. The summed E-state index contributed by atoms with van der Waals surface area (Å²) in [6, 6.07) is 0.679. The number of nitrogens with one attached hydrogen (secondary N) is 1. The molecule has 1 spiro atoms. The first kappa shape index (κ1) is 14.3. The van der Waals surface area contributed by atoms with Crippen LogP contribution in [0.1, 0.15) is 45.4 Å². The van der Waals surface area contributed by atoms with Crippen LogP contribution in [0.25, 0.3) is 0 Å². The molecule has 106 valence electrons. The molecule has 3 heteroatoms. The molecule has 1 heterocycles. The van der Waals surface area contributed by atoms with Crippen molar-refractivity contribution in [3.8, 4) is 0 Å². The summed E-state index contributed by atoms with van der Waals surface area (Å²) in [5.74, 6) is 0.818. The van der Waals surface area contributed by atoms with E-state index in [1.165, 1.54) is 45.1 Å². The van der Waals surface area contributed by atoms with Crippen LogP contribution in [0.15, 0.2) is 0 Å². The maximum absolute atomic E-state index is 6.05. The zero-order valence-corrected chi connectivity index (χ0v) is 12.4. The highest BCUT2D eigenvalue weighted by Crippen LogP contribution is 2.45. The molecule has 2 aliphatic rings. The molecule has 0 radical (unpaired) electrons. The fourth-order valence-electron chi connectivity index (χ4n) is 3.49. The first-order valence-corrected chi connectivity index (χ1v) is 7.67. The molecule has 0 aromatic rings. The van der Waals surface area contributed by atoms with Crippen LogP contribution in [0.3, 0.4) is 0 Å². The van der Waals surface area contributed by atoms with Crippen LogP contribution in [0.5, 0.6) is 0 Å². The molecule has 0 amide bonds. The molecule has 2 atom stereocenters. The van der Waals surface area contributed by atoms with E-state index in [9.17, 15) is 0 Å². The van der Waals surface area contributed by atoms with E-state index < -0.39 is 0 Å². The average Bonchev–Trinajstić information content (AvgIpc) is 2.32. The van der Waals surface area contributed by atoms with Crippen LogP contribution in [0.4, 0.5) is 0 Å². The lowest BCUT2D eigenvalue weighted by atomic mass is 9.70. The maximum Gasteiger partial charge on any atom is 0.0685 e. The van der Waals surface area contributed by atoms with Crippen molar-refractivity contribution < 1.29 is 4.74 Å². The predicted molar refractivity (Wildman–Crippen MR) is 75.9 cm³/mol. The third kappa shape index (κ3) is 3.46. The van der Waals surface area contributed by atoms with Crippen molar-refractivity contribution in [3.05, 3.63) is 0 Å². The third-order valence-electron chi connectivity index (χ3n) is 4.72. The molecule has 0 bridgehead atoms. The van der Waals surface area contributed by atoms with Crippen molar-refractivity contribution in [2.45, 2.75) is 57.1 Å². The van der Waals surface area contributed by atoms with Gasteiger partial charge in [0.25, 0.3) is 0 Å². The second-order valence-electron chi connectivity index (χ2n) is 6.39. The van der Waals surface area contributed by atoms with Gasteiger partial charge in [-0.25, -0.2) is 0 Å². The zero-order chi connectivity index (χ0) is 13.0. The van der Waals surface area contributed by atoms with Gasteiger partial charge in [-0.05, 0) is 71.6 Å². The molecular formula is C15H30N2O. The topological polar surface area (TPSA) is 24.5 Å². The van der Waals surface area contributed by atoms with E-state index in [0.717, 1.165) is 19.1 Å². The van der Waals surface area contributed by atoms with Gasteiger partial charge in [0.1, 0.15) is 0 Å². The molecule has 1 aliphatic heterocycles. The van der Waals surface area contributed by atoms with Gasteiger partial charge in [-0.15, -0.1) is 0 Å². The van der Waals surface area contributed by atoms with Crippen molar-refractivity contribution >= 4 is 0 Å². The molecule has 0 aromatic heterocycles. The summed E-state index contributed by atoms with van der Waals surface area (Å²) in [5.41, 5.74) is 0.286. The number of nitrogens with zero attached hydrogens (tertiary/aromatic N) is 1. The fraction of sp³-hybridized carbons (Fsp3) is 1.00. The molecule has 18 heavy (non-hydrogen) atoms. The van der Waals surface area contributed by atoms with E-state index in [1.807, 2.05) is 0 Å². The van der Waals surface area contributed by atoms with E-state index in [4.69, 9.17) is 4.74 Å². The molecule has 2 rings (SSSR count). The van der Waals surface area contributed by atoms with Gasteiger partial charge in [0.15, 0.2) is 0 Å². The van der Waals surface area contributed by atoms with Crippen molar-refractivity contribution in [3.63, 3.8) is 0 Å². The second-order valence-corrected chi connectivity index (χ2v) is 6.39. The highest BCUT2D eigenvalue weighted by Gasteiger charge is 2.43. The van der Waals surface area contributed by atoms with Crippen LogP contribution in [-0.4, -0.2) is 50.3 Å². The van der Waals surface area contributed by atoms with Crippen LogP contribution in [0, 0.1) is 5.92 Å². The Bertz CT molecular complexity index is 251. The Balaban J connectivity index is 1.87. The van der Waals surface area contributed by atoms with Gasteiger partial charge in [-0.2, -0.15) is 0 Å². The van der Waals surface area contributed by atoms with Gasteiger partial charge >= 0.3 is 0 Å². The summed E-state index contributed by atoms with van der Waals surface area (Å²) in [4.78, 5) is 2.29. The highest BCUT2D eigenvalue weighted by molar-refractivity contribution is 4.96. The van der Waals surface area contributed by atoms with Crippen molar-refractivity contribution in [1.82, 2.24) is 10.2 Å². The molecule has 2 fully saturated rings. The SMILES string of the molecule is CCNC(CCN(C)C)C1CCOC2(CCC2)C1. The summed E-state index contributed by atoms with van der Waals surface area (Å²) in [5, 5.41) is 3.71. The summed E-state index contributed by atoms with van der Waals surface area (Å²) in [7, 11) is 4.33. The lowest BCUT2D eigenvalue weighted by molar-refractivity contribution is -0.147. The molecule has 3 nitrogen and oxygen atoms in total. The lowest BCUT2D eigenvalue weighted by Gasteiger charge is -2.49. The summed E-state index contributed by atoms with van der Waals surface area (Å²) >= 11 is 0.